The lowest BCUT2D eigenvalue weighted by Crippen LogP contribution is -2.58. The van der Waals surface area contributed by atoms with Crippen LogP contribution < -0.4 is 33.1 Å². The Bertz CT molecular complexity index is 1630. The maximum Gasteiger partial charge on any atom is 0.333 e. The van der Waals surface area contributed by atoms with E-state index < -0.39 is 20.6 Å². The molecule has 4 N–H and O–H groups in total. The molecule has 5 rings (SSSR count). The van der Waals surface area contributed by atoms with Crippen molar-refractivity contribution in [2.75, 3.05) is 0 Å². The highest BCUT2D eigenvalue weighted by Gasteiger charge is 2.46. The van der Waals surface area contributed by atoms with Gasteiger partial charge in [-0.15, -0.1) is 0 Å². The van der Waals surface area contributed by atoms with E-state index in [1.54, 1.807) is 17.7 Å². The third kappa shape index (κ3) is 8.21. The van der Waals surface area contributed by atoms with Crippen molar-refractivity contribution in [1.82, 2.24) is 9.13 Å². The molecule has 0 saturated heterocycles. The van der Waals surface area contributed by atoms with Gasteiger partial charge in [-0.05, 0) is 64.4 Å². The molecule has 244 valence electrons. The lowest BCUT2D eigenvalue weighted by molar-refractivity contribution is -0.0555. The standard InChI is InChI=1S/C37H48N4O4Si/c1-26-23-40(36(43)41(34(26)42)25-44-24-27-14-8-5-9-15-27)29-20-28(21-33(38)39)32(22-29)35(45-37(2,3)4)46(30-16-10-6-11-17-30)31-18-12-7-13-19-31/h5-19,23,28-29,32-33,35,46H,20-22,24-25,38-39H2,1-4H3. The van der Waals surface area contributed by atoms with Gasteiger partial charge in [0, 0.05) is 17.8 Å². The number of rotatable bonds is 12. The second-order valence-electron chi connectivity index (χ2n) is 13.6. The fraction of sp³-hybridized carbons (Fsp3) is 0.405. The molecule has 1 aromatic heterocycles. The van der Waals surface area contributed by atoms with Gasteiger partial charge >= 0.3 is 5.69 Å². The Hall–Kier alpha value is -3.60. The summed E-state index contributed by atoms with van der Waals surface area (Å²) in [4.78, 5) is 27.1. The van der Waals surface area contributed by atoms with Crippen molar-refractivity contribution in [3.63, 3.8) is 0 Å². The summed E-state index contributed by atoms with van der Waals surface area (Å²) < 4.78 is 15.9. The molecule has 0 amide bonds. The molecule has 1 aliphatic carbocycles. The Morgan fingerprint density at radius 1 is 0.870 bits per heavy atom. The van der Waals surface area contributed by atoms with Crippen molar-refractivity contribution >= 4 is 19.2 Å². The first-order valence-electron chi connectivity index (χ1n) is 16.2. The van der Waals surface area contributed by atoms with Gasteiger partial charge in [-0.1, -0.05) is 101 Å². The monoisotopic (exact) mass is 640 g/mol. The van der Waals surface area contributed by atoms with Crippen molar-refractivity contribution in [3.05, 3.63) is 129 Å². The van der Waals surface area contributed by atoms with Gasteiger partial charge in [-0.3, -0.25) is 9.36 Å². The molecule has 0 radical (unpaired) electrons. The minimum absolute atomic E-state index is 0.0875. The van der Waals surface area contributed by atoms with Crippen molar-refractivity contribution in [3.8, 4) is 0 Å². The number of nitrogens with two attached hydrogens (primary N) is 2. The molecule has 9 heteroatoms. The Morgan fingerprint density at radius 3 is 1.98 bits per heavy atom. The number of ether oxygens (including phenoxy) is 2. The number of nitrogens with zero attached hydrogens (tertiary/aromatic N) is 2. The van der Waals surface area contributed by atoms with Gasteiger partial charge in [0.1, 0.15) is 15.5 Å². The minimum Gasteiger partial charge on any atom is -0.375 e. The molecule has 3 aromatic carbocycles. The predicted octanol–water partition coefficient (Wildman–Crippen LogP) is 3.46. The number of aryl methyl sites for hydroxylation is 1. The first-order chi connectivity index (χ1) is 22.0. The third-order valence-electron chi connectivity index (χ3n) is 8.95. The molecule has 0 aliphatic heterocycles. The lowest BCUT2D eigenvalue weighted by Gasteiger charge is -2.39. The fourth-order valence-corrected chi connectivity index (χ4v) is 11.0. The van der Waals surface area contributed by atoms with E-state index in [4.69, 9.17) is 20.9 Å². The van der Waals surface area contributed by atoms with Gasteiger partial charge in [0.15, 0.2) is 0 Å². The minimum atomic E-state index is -1.98. The van der Waals surface area contributed by atoms with Crippen LogP contribution in [0.5, 0.6) is 0 Å². The second kappa shape index (κ2) is 14.9. The van der Waals surface area contributed by atoms with Crippen LogP contribution in [-0.4, -0.2) is 35.4 Å². The van der Waals surface area contributed by atoms with Gasteiger partial charge in [0.25, 0.3) is 5.56 Å². The number of benzene rings is 3. The first-order valence-corrected chi connectivity index (χ1v) is 18.1. The average Bonchev–Trinajstić information content (AvgIpc) is 3.44. The summed E-state index contributed by atoms with van der Waals surface area (Å²) in [6, 6.07) is 31.0. The highest BCUT2D eigenvalue weighted by Crippen LogP contribution is 2.45. The van der Waals surface area contributed by atoms with Crippen LogP contribution in [0.15, 0.2) is 107 Å². The van der Waals surface area contributed by atoms with E-state index in [0.29, 0.717) is 31.4 Å². The Balaban J connectivity index is 1.53. The van der Waals surface area contributed by atoms with Crippen LogP contribution in [-0.2, 0) is 22.8 Å². The van der Waals surface area contributed by atoms with Crippen molar-refractivity contribution in [1.29, 1.82) is 0 Å². The molecule has 4 atom stereocenters. The summed E-state index contributed by atoms with van der Waals surface area (Å²) in [5.41, 5.74) is 12.8. The summed E-state index contributed by atoms with van der Waals surface area (Å²) in [5, 5.41) is 2.61. The van der Waals surface area contributed by atoms with Crippen LogP contribution in [0.3, 0.4) is 0 Å². The van der Waals surface area contributed by atoms with Crippen molar-refractivity contribution in [2.24, 2.45) is 23.3 Å². The number of hydrogen-bond acceptors (Lipinski definition) is 6. The summed E-state index contributed by atoms with van der Waals surface area (Å²) >= 11 is 0. The van der Waals surface area contributed by atoms with E-state index in [1.165, 1.54) is 14.9 Å². The molecule has 46 heavy (non-hydrogen) atoms. The normalized spacial score (nSPS) is 19.2. The zero-order chi connectivity index (χ0) is 32.8. The molecule has 1 aliphatic rings. The number of aromatic nitrogens is 2. The average molecular weight is 641 g/mol. The van der Waals surface area contributed by atoms with Gasteiger partial charge in [0.05, 0.1) is 24.1 Å². The van der Waals surface area contributed by atoms with Gasteiger partial charge in [-0.25, -0.2) is 9.36 Å². The molecule has 0 spiro atoms. The molecule has 8 nitrogen and oxygen atoms in total. The summed E-state index contributed by atoms with van der Waals surface area (Å²) in [5.74, 6) is 0.222. The predicted molar refractivity (Wildman–Crippen MR) is 187 cm³/mol. The summed E-state index contributed by atoms with van der Waals surface area (Å²) in [6.07, 6.45) is 3.27. The van der Waals surface area contributed by atoms with Crippen LogP contribution in [0, 0.1) is 18.8 Å². The van der Waals surface area contributed by atoms with E-state index in [1.807, 2.05) is 30.3 Å². The maximum absolute atomic E-state index is 14.0. The van der Waals surface area contributed by atoms with E-state index in [9.17, 15) is 9.59 Å². The number of hydrogen-bond donors (Lipinski definition) is 2. The first kappa shape index (κ1) is 33.8. The van der Waals surface area contributed by atoms with Crippen molar-refractivity contribution < 1.29 is 9.47 Å². The van der Waals surface area contributed by atoms with E-state index in [2.05, 4.69) is 81.4 Å². The van der Waals surface area contributed by atoms with Crippen LogP contribution in [0.25, 0.3) is 0 Å². The fourth-order valence-electron chi connectivity index (χ4n) is 7.04. The van der Waals surface area contributed by atoms with E-state index in [-0.39, 0.29) is 41.6 Å². The quantitative estimate of drug-likeness (QED) is 0.181. The van der Waals surface area contributed by atoms with Gasteiger partial charge in [0.2, 0.25) is 0 Å². The Labute approximate surface area is 273 Å². The zero-order valence-electron chi connectivity index (χ0n) is 27.4. The lowest BCUT2D eigenvalue weighted by atomic mass is 9.92. The molecule has 4 unspecified atom stereocenters. The van der Waals surface area contributed by atoms with Crippen LogP contribution in [0.2, 0.25) is 0 Å². The summed E-state index contributed by atoms with van der Waals surface area (Å²) in [6.45, 7) is 8.27. The molecule has 1 fully saturated rings. The zero-order valence-corrected chi connectivity index (χ0v) is 28.6. The molecule has 0 bridgehead atoms. The Morgan fingerprint density at radius 2 is 1.43 bits per heavy atom. The van der Waals surface area contributed by atoms with E-state index in [0.717, 1.165) is 5.56 Å². The molecular formula is C37H48N4O4Si. The van der Waals surface area contributed by atoms with Crippen LogP contribution in [0.4, 0.5) is 0 Å². The van der Waals surface area contributed by atoms with Crippen LogP contribution >= 0.6 is 0 Å². The molecular weight excluding hydrogens is 593 g/mol. The SMILES string of the molecule is Cc1cn(C2CC(CC(N)N)C(C(OC(C)(C)C)[SiH](c3ccccc3)c3ccccc3)C2)c(=O)n(COCc2ccccc2)c1=O. The molecule has 1 heterocycles. The van der Waals surface area contributed by atoms with E-state index >= 15 is 0 Å². The van der Waals surface area contributed by atoms with Crippen molar-refractivity contribution in [2.45, 2.75) is 83.8 Å². The molecule has 4 aromatic rings. The van der Waals surface area contributed by atoms with Gasteiger partial charge in [-0.2, -0.15) is 0 Å². The highest BCUT2D eigenvalue weighted by atomic mass is 28.3. The van der Waals surface area contributed by atoms with Gasteiger partial charge < -0.3 is 20.9 Å². The third-order valence-corrected chi connectivity index (χ3v) is 12.4. The largest absolute Gasteiger partial charge is 0.375 e. The summed E-state index contributed by atoms with van der Waals surface area (Å²) in [7, 11) is -1.98. The Kier molecular flexibility index (Phi) is 10.9. The smallest absolute Gasteiger partial charge is 0.333 e. The van der Waals surface area contributed by atoms with Crippen LogP contribution in [0.1, 0.15) is 57.2 Å². The second-order valence-corrected chi connectivity index (χ2v) is 16.6. The maximum atomic E-state index is 14.0. The molecule has 1 saturated carbocycles. The topological polar surface area (TPSA) is 115 Å². The highest BCUT2D eigenvalue weighted by molar-refractivity contribution is 6.86.